The molecule has 3 rings (SSSR count). The van der Waals surface area contributed by atoms with E-state index in [0.29, 0.717) is 5.56 Å². The maximum absolute atomic E-state index is 12.6. The van der Waals surface area contributed by atoms with Crippen molar-refractivity contribution >= 4 is 5.78 Å². The van der Waals surface area contributed by atoms with Crippen molar-refractivity contribution in [2.45, 2.75) is 39.3 Å². The molecule has 0 atom stereocenters. The van der Waals surface area contributed by atoms with Crippen LogP contribution in [-0.4, -0.2) is 19.5 Å². The van der Waals surface area contributed by atoms with E-state index in [-0.39, 0.29) is 23.9 Å². The second kappa shape index (κ2) is 5.64. The van der Waals surface area contributed by atoms with Gasteiger partial charge in [0, 0.05) is 36.2 Å². The molecule has 7 nitrogen and oxygen atoms in total. The summed E-state index contributed by atoms with van der Waals surface area (Å²) in [6, 6.07) is 3.58. The molecule has 1 saturated carbocycles. The van der Waals surface area contributed by atoms with E-state index in [4.69, 9.17) is 5.26 Å². The van der Waals surface area contributed by atoms with Crippen molar-refractivity contribution in [2.75, 3.05) is 0 Å². The highest BCUT2D eigenvalue weighted by Gasteiger charge is 2.27. The number of carbonyl (C=O) groups is 1. The van der Waals surface area contributed by atoms with Crippen molar-refractivity contribution in [1.29, 1.82) is 5.26 Å². The Morgan fingerprint density at radius 1 is 1.33 bits per heavy atom. The molecule has 0 spiro atoms. The number of nitrogens with zero attached hydrogens (tertiary/aromatic N) is 4. The van der Waals surface area contributed by atoms with Crippen LogP contribution in [0.15, 0.2) is 21.9 Å². The summed E-state index contributed by atoms with van der Waals surface area (Å²) in [7, 11) is 1.85. The molecule has 0 aliphatic heterocycles. The van der Waals surface area contributed by atoms with Crippen LogP contribution in [-0.2, 0) is 13.6 Å². The molecule has 124 valence electrons. The summed E-state index contributed by atoms with van der Waals surface area (Å²) < 4.78 is 4.15. The SMILES string of the molecule is Cc1cc(C(=O)Cn2c(=O)c(C#N)cn(C3CC3)c2=O)c(C)n1C. The van der Waals surface area contributed by atoms with Crippen molar-refractivity contribution in [3.8, 4) is 6.07 Å². The van der Waals surface area contributed by atoms with Gasteiger partial charge in [0.05, 0.1) is 6.54 Å². The molecule has 1 fully saturated rings. The lowest BCUT2D eigenvalue weighted by Crippen LogP contribution is -2.42. The minimum absolute atomic E-state index is 0.0206. The van der Waals surface area contributed by atoms with Crippen LogP contribution < -0.4 is 11.2 Å². The number of nitriles is 1. The number of aromatic nitrogens is 3. The molecule has 24 heavy (non-hydrogen) atoms. The number of carbonyl (C=O) groups excluding carboxylic acids is 1. The van der Waals surface area contributed by atoms with Crippen molar-refractivity contribution in [3.05, 3.63) is 55.6 Å². The fourth-order valence-electron chi connectivity index (χ4n) is 2.82. The first-order chi connectivity index (χ1) is 11.3. The van der Waals surface area contributed by atoms with E-state index in [2.05, 4.69) is 0 Å². The molecule has 2 aromatic rings. The number of rotatable bonds is 4. The van der Waals surface area contributed by atoms with Crippen LogP contribution in [0.4, 0.5) is 0 Å². The van der Waals surface area contributed by atoms with Gasteiger partial charge in [0.1, 0.15) is 11.6 Å². The van der Waals surface area contributed by atoms with E-state index in [1.54, 1.807) is 6.07 Å². The molecule has 0 aromatic carbocycles. The highest BCUT2D eigenvalue weighted by Crippen LogP contribution is 2.33. The van der Waals surface area contributed by atoms with Gasteiger partial charge in [0.15, 0.2) is 5.78 Å². The summed E-state index contributed by atoms with van der Waals surface area (Å²) in [4.78, 5) is 37.4. The Labute approximate surface area is 138 Å². The summed E-state index contributed by atoms with van der Waals surface area (Å²) in [5.41, 5.74) is 0.837. The highest BCUT2D eigenvalue weighted by molar-refractivity contribution is 5.97. The zero-order chi connectivity index (χ0) is 17.6. The van der Waals surface area contributed by atoms with Gasteiger partial charge < -0.3 is 4.57 Å². The first-order valence-corrected chi connectivity index (χ1v) is 7.77. The van der Waals surface area contributed by atoms with Gasteiger partial charge in [-0.2, -0.15) is 5.26 Å². The third kappa shape index (κ3) is 2.50. The Bertz CT molecular complexity index is 997. The Hall–Kier alpha value is -2.88. The molecular formula is C17H18N4O3. The standard InChI is InChI=1S/C17H18N4O3/c1-10-6-14(11(2)19(10)3)15(22)9-21-16(23)12(7-18)8-20(17(21)24)13-4-5-13/h6,8,13H,4-5,9H2,1-3H3. The third-order valence-electron chi connectivity index (χ3n) is 4.63. The molecule has 1 aliphatic rings. The lowest BCUT2D eigenvalue weighted by atomic mass is 10.1. The molecule has 7 heteroatoms. The number of aryl methyl sites for hydroxylation is 1. The molecule has 2 heterocycles. The number of hydrogen-bond donors (Lipinski definition) is 0. The quantitative estimate of drug-likeness (QED) is 0.786. The first-order valence-electron chi connectivity index (χ1n) is 7.77. The minimum Gasteiger partial charge on any atom is -0.351 e. The van der Waals surface area contributed by atoms with Crippen molar-refractivity contribution < 1.29 is 4.79 Å². The third-order valence-corrected chi connectivity index (χ3v) is 4.63. The van der Waals surface area contributed by atoms with Gasteiger partial charge in [-0.1, -0.05) is 0 Å². The topological polar surface area (TPSA) is 89.8 Å². The first kappa shape index (κ1) is 16.0. The van der Waals surface area contributed by atoms with E-state index in [1.165, 1.54) is 10.8 Å². The summed E-state index contributed by atoms with van der Waals surface area (Å²) in [5.74, 6) is -0.312. The Kier molecular flexibility index (Phi) is 3.76. The molecule has 0 N–H and O–H groups in total. The van der Waals surface area contributed by atoms with E-state index in [9.17, 15) is 14.4 Å². The van der Waals surface area contributed by atoms with Crippen LogP contribution >= 0.6 is 0 Å². The average molecular weight is 326 g/mol. The van der Waals surface area contributed by atoms with Gasteiger partial charge in [0.25, 0.3) is 5.56 Å². The van der Waals surface area contributed by atoms with E-state index >= 15 is 0 Å². The van der Waals surface area contributed by atoms with Crippen LogP contribution in [0.3, 0.4) is 0 Å². The molecule has 0 amide bonds. The van der Waals surface area contributed by atoms with Crippen LogP contribution in [0, 0.1) is 25.2 Å². The van der Waals surface area contributed by atoms with Gasteiger partial charge in [-0.15, -0.1) is 0 Å². The Morgan fingerprint density at radius 2 is 2.00 bits per heavy atom. The van der Waals surface area contributed by atoms with Crippen molar-refractivity contribution in [3.63, 3.8) is 0 Å². The lowest BCUT2D eigenvalue weighted by molar-refractivity contribution is 0.0967. The van der Waals surface area contributed by atoms with Gasteiger partial charge in [-0.05, 0) is 32.8 Å². The van der Waals surface area contributed by atoms with Crippen molar-refractivity contribution in [1.82, 2.24) is 13.7 Å². The number of hydrogen-bond acceptors (Lipinski definition) is 4. The van der Waals surface area contributed by atoms with E-state index in [0.717, 1.165) is 28.8 Å². The maximum atomic E-state index is 12.6. The zero-order valence-electron chi connectivity index (χ0n) is 13.9. The molecular weight excluding hydrogens is 308 g/mol. The molecule has 1 aliphatic carbocycles. The van der Waals surface area contributed by atoms with E-state index in [1.807, 2.05) is 31.5 Å². The van der Waals surface area contributed by atoms with Crippen molar-refractivity contribution in [2.24, 2.45) is 7.05 Å². The van der Waals surface area contributed by atoms with Crippen LogP contribution in [0.5, 0.6) is 0 Å². The fourth-order valence-corrected chi connectivity index (χ4v) is 2.82. The minimum atomic E-state index is -0.710. The van der Waals surface area contributed by atoms with Gasteiger partial charge in [0.2, 0.25) is 0 Å². The van der Waals surface area contributed by atoms with Crippen LogP contribution in [0.1, 0.15) is 46.2 Å². The van der Waals surface area contributed by atoms with Gasteiger partial charge >= 0.3 is 5.69 Å². The predicted molar refractivity (Wildman–Crippen MR) is 87.2 cm³/mol. The fraction of sp³-hybridized carbons (Fsp3) is 0.412. The second-order valence-electron chi connectivity index (χ2n) is 6.23. The molecule has 2 aromatic heterocycles. The smallest absolute Gasteiger partial charge is 0.331 e. The normalized spacial score (nSPS) is 13.8. The zero-order valence-corrected chi connectivity index (χ0v) is 13.9. The monoisotopic (exact) mass is 326 g/mol. The lowest BCUT2D eigenvalue weighted by Gasteiger charge is -2.10. The van der Waals surface area contributed by atoms with Gasteiger partial charge in [-0.25, -0.2) is 4.79 Å². The molecule has 0 bridgehead atoms. The summed E-state index contributed by atoms with van der Waals surface area (Å²) in [6.07, 6.45) is 2.99. The summed E-state index contributed by atoms with van der Waals surface area (Å²) in [6.45, 7) is 3.34. The summed E-state index contributed by atoms with van der Waals surface area (Å²) >= 11 is 0. The second-order valence-corrected chi connectivity index (χ2v) is 6.23. The average Bonchev–Trinajstić information content (AvgIpc) is 3.36. The molecule has 0 radical (unpaired) electrons. The predicted octanol–water partition coefficient (Wildman–Crippen LogP) is 1.05. The highest BCUT2D eigenvalue weighted by atomic mass is 16.2. The molecule has 0 unspecified atom stereocenters. The van der Waals surface area contributed by atoms with Crippen LogP contribution in [0.2, 0.25) is 0 Å². The van der Waals surface area contributed by atoms with Gasteiger partial charge in [-0.3, -0.25) is 18.7 Å². The largest absolute Gasteiger partial charge is 0.351 e. The Balaban J connectivity index is 2.06. The number of ketones is 1. The van der Waals surface area contributed by atoms with Crippen LogP contribution in [0.25, 0.3) is 0 Å². The summed E-state index contributed by atoms with van der Waals surface area (Å²) in [5, 5.41) is 9.13. The number of Topliss-reactive ketones (excluding diaryl/α,β-unsaturated/α-hetero) is 1. The van der Waals surface area contributed by atoms with E-state index < -0.39 is 11.2 Å². The molecule has 0 saturated heterocycles. The Morgan fingerprint density at radius 3 is 2.50 bits per heavy atom. The maximum Gasteiger partial charge on any atom is 0.331 e.